The van der Waals surface area contributed by atoms with E-state index in [0.29, 0.717) is 24.5 Å². The molecule has 1 aliphatic rings. The highest BCUT2D eigenvalue weighted by Crippen LogP contribution is 2.29. The molecule has 192 valence electrons. The second kappa shape index (κ2) is 9.27. The minimum Gasteiger partial charge on any atom is -0.444 e. The Bertz CT molecular complexity index is 1460. The van der Waals surface area contributed by atoms with Crippen LogP contribution in [0.15, 0.2) is 41.7 Å². The molecule has 0 fully saturated rings. The highest BCUT2D eigenvalue weighted by atomic mass is 32.2. The van der Waals surface area contributed by atoms with Crippen LogP contribution in [-0.2, 0) is 21.1 Å². The molecule has 3 heterocycles. The number of carbonyl (C=O) groups excluding carboxylic acids is 1. The molecular weight excluding hydrogens is 490 g/mol. The van der Waals surface area contributed by atoms with Gasteiger partial charge in [0, 0.05) is 36.8 Å². The number of sulfone groups is 1. The predicted molar refractivity (Wildman–Crippen MR) is 131 cm³/mol. The van der Waals surface area contributed by atoms with E-state index in [1.165, 1.54) is 10.6 Å². The number of fused-ring (bicyclic) bond motifs is 1. The molecule has 0 N–H and O–H groups in total. The minimum atomic E-state index is -3.91. The van der Waals surface area contributed by atoms with Gasteiger partial charge in [0.15, 0.2) is 21.5 Å². The van der Waals surface area contributed by atoms with Gasteiger partial charge in [-0.15, -0.1) is 0 Å². The van der Waals surface area contributed by atoms with Gasteiger partial charge in [0.05, 0.1) is 35.8 Å². The van der Waals surface area contributed by atoms with E-state index in [2.05, 4.69) is 9.97 Å². The first-order chi connectivity index (χ1) is 16.7. The third kappa shape index (κ3) is 5.25. The molecule has 4 rings (SSSR count). The molecule has 1 unspecified atom stereocenters. The van der Waals surface area contributed by atoms with Crippen molar-refractivity contribution in [2.45, 2.75) is 44.7 Å². The van der Waals surface area contributed by atoms with Crippen LogP contribution in [0.1, 0.15) is 39.1 Å². The van der Waals surface area contributed by atoms with Crippen LogP contribution >= 0.6 is 0 Å². The molecule has 0 spiro atoms. The van der Waals surface area contributed by atoms with Gasteiger partial charge in [-0.25, -0.2) is 22.0 Å². The number of rotatable bonds is 4. The number of nitrogens with zero attached hydrogens (tertiary/aromatic N) is 4. The fourth-order valence-electron chi connectivity index (χ4n) is 4.18. The molecule has 0 radical (unpaired) electrons. The Morgan fingerprint density at radius 3 is 2.50 bits per heavy atom. The standard InChI is InChI=1S/C25H28F2N4O4S/c1-15-13-31(24(32)35-25(2,3)4)9-7-18(15)19-12-28-17(11-29-19)14-30-8-6-16-10-20(36(5,33)34)21(26)22(27)23(16)30/h6-8,10-12,15H,9,13-14H2,1-5H3. The molecule has 1 aromatic carbocycles. The highest BCUT2D eigenvalue weighted by molar-refractivity contribution is 7.90. The van der Waals surface area contributed by atoms with Gasteiger partial charge >= 0.3 is 6.09 Å². The first-order valence-corrected chi connectivity index (χ1v) is 13.3. The zero-order valence-corrected chi connectivity index (χ0v) is 21.6. The average Bonchev–Trinajstić information content (AvgIpc) is 3.17. The summed E-state index contributed by atoms with van der Waals surface area (Å²) in [5.74, 6) is -2.61. The molecule has 0 saturated heterocycles. The Morgan fingerprint density at radius 2 is 1.92 bits per heavy atom. The number of aromatic nitrogens is 3. The highest BCUT2D eigenvalue weighted by Gasteiger charge is 2.28. The molecule has 2 aromatic heterocycles. The van der Waals surface area contributed by atoms with Crippen LogP contribution < -0.4 is 0 Å². The van der Waals surface area contributed by atoms with Crippen molar-refractivity contribution in [3.8, 4) is 0 Å². The lowest BCUT2D eigenvalue weighted by molar-refractivity contribution is 0.0251. The minimum absolute atomic E-state index is 0.0147. The summed E-state index contributed by atoms with van der Waals surface area (Å²) in [7, 11) is -3.91. The van der Waals surface area contributed by atoms with Gasteiger partial charge < -0.3 is 14.2 Å². The van der Waals surface area contributed by atoms with Gasteiger partial charge in [0.1, 0.15) is 10.5 Å². The first-order valence-electron chi connectivity index (χ1n) is 11.4. The maximum absolute atomic E-state index is 14.8. The average molecular weight is 519 g/mol. The Hall–Kier alpha value is -3.34. The van der Waals surface area contributed by atoms with Crippen molar-refractivity contribution in [3.63, 3.8) is 0 Å². The van der Waals surface area contributed by atoms with Gasteiger partial charge in [0.2, 0.25) is 0 Å². The van der Waals surface area contributed by atoms with E-state index in [9.17, 15) is 22.0 Å². The number of ether oxygens (including phenoxy) is 1. The van der Waals surface area contributed by atoms with Crippen LogP contribution in [0, 0.1) is 17.6 Å². The van der Waals surface area contributed by atoms with Crippen molar-refractivity contribution in [2.75, 3.05) is 19.3 Å². The molecule has 11 heteroatoms. The molecule has 0 aliphatic carbocycles. The lowest BCUT2D eigenvalue weighted by Gasteiger charge is -2.32. The summed E-state index contributed by atoms with van der Waals surface area (Å²) in [6.45, 7) is 8.47. The van der Waals surface area contributed by atoms with Gasteiger partial charge in [-0.2, -0.15) is 0 Å². The lowest BCUT2D eigenvalue weighted by Crippen LogP contribution is -2.41. The molecule has 1 aliphatic heterocycles. The molecule has 0 saturated carbocycles. The van der Waals surface area contributed by atoms with Crippen LogP contribution in [0.2, 0.25) is 0 Å². The van der Waals surface area contributed by atoms with E-state index in [1.54, 1.807) is 23.5 Å². The maximum atomic E-state index is 14.8. The molecule has 36 heavy (non-hydrogen) atoms. The summed E-state index contributed by atoms with van der Waals surface area (Å²) >= 11 is 0. The number of benzene rings is 1. The first kappa shape index (κ1) is 25.7. The fraction of sp³-hybridized carbons (Fsp3) is 0.400. The summed E-state index contributed by atoms with van der Waals surface area (Å²) in [5.41, 5.74) is 1.53. The summed E-state index contributed by atoms with van der Waals surface area (Å²) in [6.07, 6.45) is 7.13. The molecule has 8 nitrogen and oxygen atoms in total. The topological polar surface area (TPSA) is 94.4 Å². The van der Waals surface area contributed by atoms with Crippen molar-refractivity contribution >= 4 is 32.4 Å². The van der Waals surface area contributed by atoms with Crippen LogP contribution in [-0.4, -0.2) is 58.9 Å². The predicted octanol–water partition coefficient (Wildman–Crippen LogP) is 4.43. The quantitative estimate of drug-likeness (QED) is 0.507. The molecule has 1 atom stereocenters. The fourth-order valence-corrected chi connectivity index (χ4v) is 4.94. The molecule has 3 aromatic rings. The van der Waals surface area contributed by atoms with Crippen molar-refractivity contribution < 1.29 is 26.7 Å². The monoisotopic (exact) mass is 518 g/mol. The van der Waals surface area contributed by atoms with E-state index in [1.807, 2.05) is 33.8 Å². The second-order valence-electron chi connectivity index (χ2n) is 10.00. The van der Waals surface area contributed by atoms with E-state index >= 15 is 0 Å². The third-order valence-electron chi connectivity index (χ3n) is 5.84. The van der Waals surface area contributed by atoms with Gasteiger partial charge in [-0.05, 0) is 38.5 Å². The zero-order valence-electron chi connectivity index (χ0n) is 20.7. The van der Waals surface area contributed by atoms with E-state index in [4.69, 9.17) is 4.74 Å². The Morgan fingerprint density at radius 1 is 1.19 bits per heavy atom. The van der Waals surface area contributed by atoms with Crippen molar-refractivity contribution in [2.24, 2.45) is 5.92 Å². The summed E-state index contributed by atoms with van der Waals surface area (Å²) < 4.78 is 59.7. The van der Waals surface area contributed by atoms with Crippen LogP contribution in [0.5, 0.6) is 0 Å². The summed E-state index contributed by atoms with van der Waals surface area (Å²) in [5, 5.41) is 0.273. The number of carbonyl (C=O) groups is 1. The molecular formula is C25H28F2N4O4S. The smallest absolute Gasteiger partial charge is 0.410 e. The number of amides is 1. The largest absolute Gasteiger partial charge is 0.444 e. The summed E-state index contributed by atoms with van der Waals surface area (Å²) in [4.78, 5) is 22.3. The molecule has 0 bridgehead atoms. The lowest BCUT2D eigenvalue weighted by atomic mass is 9.94. The van der Waals surface area contributed by atoms with Crippen LogP contribution in [0.3, 0.4) is 0 Å². The number of hydrogen-bond donors (Lipinski definition) is 0. The number of hydrogen-bond acceptors (Lipinski definition) is 6. The van der Waals surface area contributed by atoms with Gasteiger partial charge in [-0.1, -0.05) is 13.0 Å². The van der Waals surface area contributed by atoms with Crippen molar-refractivity contribution in [1.29, 1.82) is 0 Å². The number of halogens is 2. The van der Waals surface area contributed by atoms with Crippen molar-refractivity contribution in [3.05, 3.63) is 59.8 Å². The molecule has 1 amide bonds. The van der Waals surface area contributed by atoms with Crippen LogP contribution in [0.25, 0.3) is 16.5 Å². The van der Waals surface area contributed by atoms with Crippen molar-refractivity contribution in [1.82, 2.24) is 19.4 Å². The zero-order chi connectivity index (χ0) is 26.4. The normalized spacial score (nSPS) is 16.8. The van der Waals surface area contributed by atoms with Gasteiger partial charge in [0.25, 0.3) is 0 Å². The Balaban J connectivity index is 1.53. The Labute approximate surface area is 208 Å². The van der Waals surface area contributed by atoms with Gasteiger partial charge in [-0.3, -0.25) is 9.97 Å². The second-order valence-corrected chi connectivity index (χ2v) is 12.0. The maximum Gasteiger partial charge on any atom is 0.410 e. The van der Waals surface area contributed by atoms with Crippen LogP contribution in [0.4, 0.5) is 13.6 Å². The Kier molecular flexibility index (Phi) is 6.63. The summed E-state index contributed by atoms with van der Waals surface area (Å²) in [6, 6.07) is 2.66. The van der Waals surface area contributed by atoms with E-state index in [-0.39, 0.29) is 29.5 Å². The third-order valence-corrected chi connectivity index (χ3v) is 6.94. The van der Waals surface area contributed by atoms with E-state index in [0.717, 1.165) is 17.9 Å². The van der Waals surface area contributed by atoms with E-state index < -0.39 is 32.0 Å². The SMILES string of the molecule is CC1CN(C(=O)OC(C)(C)C)CC=C1c1cnc(Cn2ccc3cc(S(C)(=O)=O)c(F)c(F)c32)cn1.